The molecule has 0 spiro atoms. The van der Waals surface area contributed by atoms with Crippen LogP contribution in [-0.4, -0.2) is 5.11 Å². The number of nitrogens with one attached hydrogen (secondary N) is 1. The van der Waals surface area contributed by atoms with Crippen molar-refractivity contribution in [1.82, 2.24) is 0 Å². The van der Waals surface area contributed by atoms with Crippen LogP contribution in [0.15, 0.2) is 48.5 Å². The Bertz CT molecular complexity index is 537. The molecule has 2 unspecified atom stereocenters. The van der Waals surface area contributed by atoms with Crippen LogP contribution >= 0.6 is 22.6 Å². The molecule has 19 heavy (non-hydrogen) atoms. The molecule has 2 aromatic carbocycles. The topological polar surface area (TPSA) is 32.3 Å². The minimum Gasteiger partial charge on any atom is -0.389 e. The monoisotopic (exact) mass is 367 g/mol. The number of hydrogen-bond donors (Lipinski definition) is 2. The van der Waals surface area contributed by atoms with Gasteiger partial charge in [0.2, 0.25) is 0 Å². The highest BCUT2D eigenvalue weighted by Gasteiger charge is 2.10. The molecule has 2 aromatic rings. The summed E-state index contributed by atoms with van der Waals surface area (Å²) in [6.07, 6.45) is -0.465. The van der Waals surface area contributed by atoms with Gasteiger partial charge in [-0.1, -0.05) is 30.3 Å². The lowest BCUT2D eigenvalue weighted by Gasteiger charge is -2.19. The van der Waals surface area contributed by atoms with Crippen LogP contribution in [0.3, 0.4) is 0 Å². The second-order valence-electron chi connectivity index (χ2n) is 4.68. The maximum absolute atomic E-state index is 9.78. The highest BCUT2D eigenvalue weighted by atomic mass is 127. The van der Waals surface area contributed by atoms with Crippen LogP contribution in [0.2, 0.25) is 0 Å². The van der Waals surface area contributed by atoms with Crippen molar-refractivity contribution in [3.8, 4) is 0 Å². The van der Waals surface area contributed by atoms with Crippen LogP contribution in [0.4, 0.5) is 5.69 Å². The Labute approximate surface area is 128 Å². The van der Waals surface area contributed by atoms with Gasteiger partial charge in [0.15, 0.2) is 0 Å². The van der Waals surface area contributed by atoms with Crippen molar-refractivity contribution in [1.29, 1.82) is 0 Å². The van der Waals surface area contributed by atoms with Crippen LogP contribution in [0.5, 0.6) is 0 Å². The van der Waals surface area contributed by atoms with Gasteiger partial charge < -0.3 is 10.4 Å². The molecular formula is C16H18INO. The summed E-state index contributed by atoms with van der Waals surface area (Å²) in [5.41, 5.74) is 3.16. The molecule has 0 radical (unpaired) electrons. The summed E-state index contributed by atoms with van der Waals surface area (Å²) in [5, 5.41) is 13.2. The van der Waals surface area contributed by atoms with Crippen molar-refractivity contribution in [3.05, 3.63) is 63.2 Å². The lowest BCUT2D eigenvalue weighted by atomic mass is 10.1. The zero-order valence-electron chi connectivity index (χ0n) is 11.1. The Hall–Kier alpha value is -1.07. The van der Waals surface area contributed by atoms with E-state index in [4.69, 9.17) is 0 Å². The van der Waals surface area contributed by atoms with E-state index in [1.807, 2.05) is 24.3 Å². The molecule has 0 amide bonds. The molecule has 100 valence electrons. The van der Waals surface area contributed by atoms with Crippen molar-refractivity contribution in [2.24, 2.45) is 0 Å². The smallest absolute Gasteiger partial charge is 0.0781 e. The molecule has 0 aliphatic heterocycles. The predicted octanol–water partition coefficient (Wildman–Crippen LogP) is 4.52. The summed E-state index contributed by atoms with van der Waals surface area (Å²) >= 11 is 2.30. The van der Waals surface area contributed by atoms with Crippen LogP contribution < -0.4 is 5.32 Å². The number of aliphatic hydroxyl groups is 1. The van der Waals surface area contributed by atoms with Gasteiger partial charge in [0.25, 0.3) is 0 Å². The Morgan fingerprint density at radius 1 is 1.00 bits per heavy atom. The highest BCUT2D eigenvalue weighted by molar-refractivity contribution is 14.1. The fourth-order valence-corrected chi connectivity index (χ4v) is 2.42. The molecule has 0 fully saturated rings. The third kappa shape index (κ3) is 3.70. The molecule has 2 N–H and O–H groups in total. The molecule has 0 aliphatic rings. The van der Waals surface area contributed by atoms with Crippen LogP contribution in [-0.2, 0) is 0 Å². The zero-order chi connectivity index (χ0) is 13.8. The summed E-state index contributed by atoms with van der Waals surface area (Å²) in [6, 6.07) is 16.6. The second kappa shape index (κ2) is 6.39. The molecule has 2 rings (SSSR count). The van der Waals surface area contributed by atoms with Gasteiger partial charge in [-0.25, -0.2) is 0 Å². The molecule has 0 bridgehead atoms. The average molecular weight is 367 g/mol. The van der Waals surface area contributed by atoms with E-state index in [2.05, 4.69) is 59.1 Å². The van der Waals surface area contributed by atoms with Gasteiger partial charge >= 0.3 is 0 Å². The highest BCUT2D eigenvalue weighted by Crippen LogP contribution is 2.26. The van der Waals surface area contributed by atoms with Gasteiger partial charge in [0, 0.05) is 20.9 Å². The van der Waals surface area contributed by atoms with E-state index in [9.17, 15) is 5.11 Å². The molecule has 0 saturated carbocycles. The van der Waals surface area contributed by atoms with Crippen LogP contribution in [0.25, 0.3) is 0 Å². The first-order valence-electron chi connectivity index (χ1n) is 6.37. The fourth-order valence-electron chi connectivity index (χ4n) is 2.06. The number of benzene rings is 2. The number of anilines is 1. The Balaban J connectivity index is 2.19. The summed E-state index contributed by atoms with van der Waals surface area (Å²) in [5.74, 6) is 0. The number of halogens is 1. The first-order chi connectivity index (χ1) is 9.08. The summed E-state index contributed by atoms with van der Waals surface area (Å²) in [6.45, 7) is 3.91. The molecule has 2 nitrogen and oxygen atoms in total. The van der Waals surface area contributed by atoms with E-state index < -0.39 is 6.10 Å². The minimum absolute atomic E-state index is 0.205. The van der Waals surface area contributed by atoms with E-state index in [0.717, 1.165) is 11.3 Å². The molecule has 3 heteroatoms. The quantitative estimate of drug-likeness (QED) is 0.779. The van der Waals surface area contributed by atoms with Gasteiger partial charge in [-0.05, 0) is 60.2 Å². The average Bonchev–Trinajstić information content (AvgIpc) is 2.39. The Kier molecular flexibility index (Phi) is 4.82. The van der Waals surface area contributed by atoms with E-state index in [-0.39, 0.29) is 6.04 Å². The summed E-state index contributed by atoms with van der Waals surface area (Å²) < 4.78 is 1.23. The molecule has 0 aliphatic carbocycles. The van der Waals surface area contributed by atoms with Gasteiger partial charge in [-0.2, -0.15) is 0 Å². The maximum Gasteiger partial charge on any atom is 0.0781 e. The summed E-state index contributed by atoms with van der Waals surface area (Å²) in [4.78, 5) is 0. The third-order valence-corrected chi connectivity index (χ3v) is 3.87. The number of hydrogen-bond acceptors (Lipinski definition) is 2. The molecular weight excluding hydrogens is 349 g/mol. The van der Waals surface area contributed by atoms with Crippen molar-refractivity contribution < 1.29 is 5.11 Å². The van der Waals surface area contributed by atoms with Crippen molar-refractivity contribution in [2.45, 2.75) is 26.0 Å². The van der Waals surface area contributed by atoms with E-state index in [0.29, 0.717) is 0 Å². The predicted molar refractivity (Wildman–Crippen MR) is 88.3 cm³/mol. The number of para-hydroxylation sites is 1. The first kappa shape index (κ1) is 14.3. The Morgan fingerprint density at radius 3 is 2.26 bits per heavy atom. The molecule has 0 saturated heterocycles. The third-order valence-electron chi connectivity index (χ3n) is 3.15. The van der Waals surface area contributed by atoms with E-state index >= 15 is 0 Å². The minimum atomic E-state index is -0.465. The van der Waals surface area contributed by atoms with E-state index in [1.165, 1.54) is 9.13 Å². The van der Waals surface area contributed by atoms with Gasteiger partial charge in [0.1, 0.15) is 0 Å². The maximum atomic E-state index is 9.78. The van der Waals surface area contributed by atoms with Gasteiger partial charge in [-0.3, -0.25) is 0 Å². The van der Waals surface area contributed by atoms with Crippen molar-refractivity contribution in [3.63, 3.8) is 0 Å². The van der Waals surface area contributed by atoms with Gasteiger partial charge in [0.05, 0.1) is 6.10 Å². The molecule has 0 aromatic heterocycles. The SMILES string of the molecule is CC(O)c1ccccc1NC(C)c1ccc(I)cc1. The van der Waals surface area contributed by atoms with Crippen LogP contribution in [0, 0.1) is 3.57 Å². The second-order valence-corrected chi connectivity index (χ2v) is 5.93. The molecule has 0 heterocycles. The fraction of sp³-hybridized carbons (Fsp3) is 0.250. The summed E-state index contributed by atoms with van der Waals surface area (Å²) in [7, 11) is 0. The normalized spacial score (nSPS) is 13.9. The molecule has 2 atom stereocenters. The lowest BCUT2D eigenvalue weighted by molar-refractivity contribution is 0.200. The first-order valence-corrected chi connectivity index (χ1v) is 7.45. The largest absolute Gasteiger partial charge is 0.389 e. The van der Waals surface area contributed by atoms with Crippen LogP contribution in [0.1, 0.15) is 37.1 Å². The van der Waals surface area contributed by atoms with Crippen molar-refractivity contribution >= 4 is 28.3 Å². The van der Waals surface area contributed by atoms with Gasteiger partial charge in [-0.15, -0.1) is 0 Å². The zero-order valence-corrected chi connectivity index (χ0v) is 13.3. The van der Waals surface area contributed by atoms with E-state index in [1.54, 1.807) is 6.92 Å². The number of rotatable bonds is 4. The standard InChI is InChI=1S/C16H18INO/c1-11(13-7-9-14(17)10-8-13)18-16-6-4-3-5-15(16)12(2)19/h3-12,18-19H,1-2H3. The number of aliphatic hydroxyl groups excluding tert-OH is 1. The Morgan fingerprint density at radius 2 is 1.63 bits per heavy atom. The van der Waals surface area contributed by atoms with Crippen molar-refractivity contribution in [2.75, 3.05) is 5.32 Å². The lowest BCUT2D eigenvalue weighted by Crippen LogP contribution is -2.09.